The van der Waals surface area contributed by atoms with Crippen LogP contribution in [0.15, 0.2) is 29.6 Å². The van der Waals surface area contributed by atoms with Crippen LogP contribution in [0.5, 0.6) is 0 Å². The van der Waals surface area contributed by atoms with Gasteiger partial charge in [-0.25, -0.2) is 9.37 Å². The molecule has 0 aliphatic rings. The molecule has 0 saturated heterocycles. The van der Waals surface area contributed by atoms with E-state index >= 15 is 0 Å². The molecule has 0 fully saturated rings. The Kier molecular flexibility index (Phi) is 5.44. The average Bonchev–Trinajstić information content (AvgIpc) is 2.94. The summed E-state index contributed by atoms with van der Waals surface area (Å²) in [7, 11) is 0. The van der Waals surface area contributed by atoms with Crippen molar-refractivity contribution < 1.29 is 19.1 Å². The number of nitrogens with zero attached hydrogens (tertiary/aromatic N) is 1. The number of nitrogens with one attached hydrogen (secondary N) is 1. The quantitative estimate of drug-likeness (QED) is 0.850. The Morgan fingerprint density at radius 2 is 2.13 bits per heavy atom. The summed E-state index contributed by atoms with van der Waals surface area (Å²) in [5, 5.41) is 13.9. The molecule has 2 unspecified atom stereocenters. The summed E-state index contributed by atoms with van der Waals surface area (Å²) in [6, 6.07) is 5.71. The molecule has 2 atom stereocenters. The van der Waals surface area contributed by atoms with Gasteiger partial charge in [-0.2, -0.15) is 0 Å². The Labute approximate surface area is 137 Å². The fraction of sp³-hybridized carbons (Fsp3) is 0.312. The zero-order valence-electron chi connectivity index (χ0n) is 12.7. The smallest absolute Gasteiger partial charge is 0.308 e. The van der Waals surface area contributed by atoms with Crippen molar-refractivity contribution in [2.24, 2.45) is 5.92 Å². The van der Waals surface area contributed by atoms with Gasteiger partial charge < -0.3 is 10.4 Å². The molecule has 2 aromatic rings. The van der Waals surface area contributed by atoms with E-state index in [1.807, 2.05) is 0 Å². The highest BCUT2D eigenvalue weighted by molar-refractivity contribution is 7.09. The van der Waals surface area contributed by atoms with Gasteiger partial charge in [0.25, 0.3) is 5.91 Å². The van der Waals surface area contributed by atoms with Crippen molar-refractivity contribution in [2.45, 2.75) is 26.3 Å². The van der Waals surface area contributed by atoms with Crippen LogP contribution in [0.1, 0.15) is 34.9 Å². The first-order valence-corrected chi connectivity index (χ1v) is 7.97. The highest BCUT2D eigenvalue weighted by atomic mass is 32.1. The second-order valence-corrected chi connectivity index (χ2v) is 6.26. The normalized spacial score (nSPS) is 13.3. The van der Waals surface area contributed by atoms with Crippen molar-refractivity contribution in [3.05, 3.63) is 51.7 Å². The molecular formula is C16H17FN2O3S. The number of halogens is 1. The number of hydrogen-bond donors (Lipinski definition) is 2. The van der Waals surface area contributed by atoms with Crippen molar-refractivity contribution in [1.82, 2.24) is 10.3 Å². The number of benzene rings is 1. The third kappa shape index (κ3) is 4.59. The number of carboxylic acid groups (broad SMARTS) is 1. The molecular weight excluding hydrogens is 319 g/mol. The van der Waals surface area contributed by atoms with Crippen LogP contribution in [-0.4, -0.2) is 28.0 Å². The van der Waals surface area contributed by atoms with Crippen molar-refractivity contribution in [3.8, 4) is 0 Å². The Morgan fingerprint density at radius 1 is 1.39 bits per heavy atom. The summed E-state index contributed by atoms with van der Waals surface area (Å²) in [6.07, 6.45) is 0.441. The van der Waals surface area contributed by atoms with Crippen LogP contribution in [0, 0.1) is 11.7 Å². The lowest BCUT2D eigenvalue weighted by Gasteiger charge is -2.16. The minimum atomic E-state index is -0.970. The van der Waals surface area contributed by atoms with Gasteiger partial charge in [-0.05, 0) is 31.5 Å². The van der Waals surface area contributed by atoms with E-state index in [1.54, 1.807) is 24.4 Å². The molecule has 0 aliphatic heterocycles. The third-order valence-electron chi connectivity index (χ3n) is 3.53. The van der Waals surface area contributed by atoms with Crippen LogP contribution in [0.3, 0.4) is 0 Å². The highest BCUT2D eigenvalue weighted by Gasteiger charge is 2.22. The fourth-order valence-corrected chi connectivity index (χ4v) is 2.75. The van der Waals surface area contributed by atoms with Crippen LogP contribution in [0.25, 0.3) is 0 Å². The maximum absolute atomic E-state index is 13.2. The molecule has 0 radical (unpaired) electrons. The number of thiazole rings is 1. The Morgan fingerprint density at radius 3 is 2.78 bits per heavy atom. The van der Waals surface area contributed by atoms with Gasteiger partial charge in [-0.15, -0.1) is 11.3 Å². The van der Waals surface area contributed by atoms with Gasteiger partial charge in [0, 0.05) is 17.8 Å². The van der Waals surface area contributed by atoms with Crippen LogP contribution in [0.2, 0.25) is 0 Å². The standard InChI is InChI=1S/C16H17FN2O3S/c1-9(16(21)22)10(2)18-15(20)13-8-23-14(19-13)7-11-4-3-5-12(17)6-11/h3-6,8-10H,7H2,1-2H3,(H,18,20)(H,21,22). The third-order valence-corrected chi connectivity index (χ3v) is 4.38. The predicted octanol–water partition coefficient (Wildman–Crippen LogP) is 2.71. The molecule has 23 heavy (non-hydrogen) atoms. The average molecular weight is 336 g/mol. The zero-order valence-corrected chi connectivity index (χ0v) is 13.6. The van der Waals surface area contributed by atoms with Gasteiger partial charge in [0.15, 0.2) is 0 Å². The summed E-state index contributed by atoms with van der Waals surface area (Å²) in [5.74, 6) is -2.38. The summed E-state index contributed by atoms with van der Waals surface area (Å²) >= 11 is 1.31. The Balaban J connectivity index is 2.01. The van der Waals surface area contributed by atoms with E-state index in [9.17, 15) is 14.0 Å². The second-order valence-electron chi connectivity index (χ2n) is 5.32. The molecule has 1 heterocycles. The van der Waals surface area contributed by atoms with Crippen molar-refractivity contribution in [2.75, 3.05) is 0 Å². The Bertz CT molecular complexity index is 717. The van der Waals surface area contributed by atoms with E-state index in [0.29, 0.717) is 11.4 Å². The summed E-state index contributed by atoms with van der Waals surface area (Å²) in [6.45, 7) is 3.17. The SMILES string of the molecule is CC(NC(=O)c1csc(Cc2cccc(F)c2)n1)C(C)C(=O)O. The minimum Gasteiger partial charge on any atom is -0.481 e. The van der Waals surface area contributed by atoms with Crippen molar-refractivity contribution in [1.29, 1.82) is 0 Å². The van der Waals surface area contributed by atoms with Crippen LogP contribution in [-0.2, 0) is 11.2 Å². The molecule has 2 rings (SSSR count). The van der Waals surface area contributed by atoms with Gasteiger partial charge >= 0.3 is 5.97 Å². The number of carbonyl (C=O) groups excluding carboxylic acids is 1. The molecule has 1 aromatic carbocycles. The van der Waals surface area contributed by atoms with E-state index in [-0.39, 0.29) is 11.5 Å². The van der Waals surface area contributed by atoms with E-state index in [4.69, 9.17) is 5.11 Å². The molecule has 7 heteroatoms. The summed E-state index contributed by atoms with van der Waals surface area (Å²) in [4.78, 5) is 27.2. The number of carbonyl (C=O) groups is 2. The first-order valence-electron chi connectivity index (χ1n) is 7.09. The minimum absolute atomic E-state index is 0.242. The zero-order chi connectivity index (χ0) is 17.0. The van der Waals surface area contributed by atoms with Crippen LogP contribution in [0.4, 0.5) is 4.39 Å². The number of aliphatic carboxylic acids is 1. The lowest BCUT2D eigenvalue weighted by molar-refractivity contribution is -0.141. The van der Waals surface area contributed by atoms with Crippen LogP contribution >= 0.6 is 11.3 Å². The highest BCUT2D eigenvalue weighted by Crippen LogP contribution is 2.16. The van der Waals surface area contributed by atoms with E-state index < -0.39 is 23.8 Å². The van der Waals surface area contributed by atoms with E-state index in [0.717, 1.165) is 5.56 Å². The predicted molar refractivity (Wildman–Crippen MR) is 85.0 cm³/mol. The monoisotopic (exact) mass is 336 g/mol. The van der Waals surface area contributed by atoms with Crippen molar-refractivity contribution in [3.63, 3.8) is 0 Å². The number of aromatic nitrogens is 1. The first-order chi connectivity index (χ1) is 10.9. The van der Waals surface area contributed by atoms with Crippen LogP contribution < -0.4 is 5.32 Å². The van der Waals surface area contributed by atoms with Gasteiger partial charge in [0.1, 0.15) is 11.5 Å². The lowest BCUT2D eigenvalue weighted by Crippen LogP contribution is -2.40. The number of rotatable bonds is 6. The van der Waals surface area contributed by atoms with Crippen molar-refractivity contribution >= 4 is 23.2 Å². The number of amides is 1. The van der Waals surface area contributed by atoms with E-state index in [1.165, 1.54) is 30.4 Å². The largest absolute Gasteiger partial charge is 0.481 e. The van der Waals surface area contributed by atoms with Gasteiger partial charge in [0.05, 0.1) is 10.9 Å². The molecule has 0 bridgehead atoms. The molecule has 1 aromatic heterocycles. The second kappa shape index (κ2) is 7.32. The maximum Gasteiger partial charge on any atom is 0.308 e. The van der Waals surface area contributed by atoms with Gasteiger partial charge in [-0.1, -0.05) is 12.1 Å². The Hall–Kier alpha value is -2.28. The number of carboxylic acids is 1. The molecule has 1 amide bonds. The molecule has 122 valence electrons. The first kappa shape index (κ1) is 17.1. The molecule has 0 aliphatic carbocycles. The molecule has 5 nitrogen and oxygen atoms in total. The maximum atomic E-state index is 13.2. The summed E-state index contributed by atoms with van der Waals surface area (Å²) in [5.41, 5.74) is 1.02. The van der Waals surface area contributed by atoms with Gasteiger partial charge in [0.2, 0.25) is 0 Å². The van der Waals surface area contributed by atoms with E-state index in [2.05, 4.69) is 10.3 Å². The molecule has 0 saturated carbocycles. The fourth-order valence-electron chi connectivity index (χ4n) is 1.94. The number of hydrogen-bond acceptors (Lipinski definition) is 4. The molecule has 0 spiro atoms. The van der Waals surface area contributed by atoms with Gasteiger partial charge in [-0.3, -0.25) is 9.59 Å². The summed E-state index contributed by atoms with van der Waals surface area (Å²) < 4.78 is 13.2. The lowest BCUT2D eigenvalue weighted by atomic mass is 10.0. The molecule has 2 N–H and O–H groups in total. The topological polar surface area (TPSA) is 79.3 Å².